The lowest BCUT2D eigenvalue weighted by atomic mass is 10.3. The molecule has 0 aliphatic heterocycles. The van der Waals surface area contributed by atoms with Crippen molar-refractivity contribution in [3.8, 4) is 11.4 Å². The highest BCUT2D eigenvalue weighted by molar-refractivity contribution is 7.16. The van der Waals surface area contributed by atoms with Gasteiger partial charge in [-0.1, -0.05) is 0 Å². The van der Waals surface area contributed by atoms with Gasteiger partial charge in [0.25, 0.3) is 5.91 Å². The van der Waals surface area contributed by atoms with Gasteiger partial charge in [0, 0.05) is 12.3 Å². The van der Waals surface area contributed by atoms with Crippen molar-refractivity contribution in [2.75, 3.05) is 11.9 Å². The number of nitrogens with two attached hydrogens (primary N) is 2. The number of guanidine groups is 1. The molecule has 0 aromatic carbocycles. The molecular formula is C12H14N6O3S2. The lowest BCUT2D eigenvalue weighted by molar-refractivity contribution is -0.144. The molecule has 0 spiro atoms. The third-order valence-corrected chi connectivity index (χ3v) is 3.97. The second-order valence-corrected chi connectivity index (χ2v) is 6.33. The first-order valence-electron chi connectivity index (χ1n) is 6.31. The van der Waals surface area contributed by atoms with Gasteiger partial charge in [0.1, 0.15) is 16.4 Å². The van der Waals surface area contributed by atoms with Crippen LogP contribution in [0.4, 0.5) is 10.1 Å². The molecule has 11 heteroatoms. The number of esters is 1. The minimum atomic E-state index is -0.526. The fourth-order valence-electron chi connectivity index (χ4n) is 1.55. The highest BCUT2D eigenvalue weighted by atomic mass is 32.1. The molecule has 0 aliphatic rings. The first-order valence-corrected chi connectivity index (χ1v) is 8.01. The molecule has 0 bridgehead atoms. The van der Waals surface area contributed by atoms with Gasteiger partial charge in [0.15, 0.2) is 12.6 Å². The Balaban J connectivity index is 2.20. The van der Waals surface area contributed by atoms with Crippen LogP contribution in [-0.4, -0.2) is 34.4 Å². The van der Waals surface area contributed by atoms with Gasteiger partial charge in [-0.05, 0) is 6.92 Å². The van der Waals surface area contributed by atoms with E-state index in [0.717, 1.165) is 5.01 Å². The molecule has 0 unspecified atom stereocenters. The van der Waals surface area contributed by atoms with E-state index in [1.165, 1.54) is 29.6 Å². The summed E-state index contributed by atoms with van der Waals surface area (Å²) < 4.78 is 4.65. The molecule has 2 aromatic rings. The highest BCUT2D eigenvalue weighted by Gasteiger charge is 2.17. The zero-order valence-electron chi connectivity index (χ0n) is 12.3. The SMILES string of the molecule is CC(=O)OCC(=O)Nc1sc(C)nc1-c1csc(N=C(N)N)n1. The van der Waals surface area contributed by atoms with Crippen molar-refractivity contribution in [3.05, 3.63) is 10.4 Å². The van der Waals surface area contributed by atoms with Crippen molar-refractivity contribution in [3.63, 3.8) is 0 Å². The van der Waals surface area contributed by atoms with Gasteiger partial charge in [-0.25, -0.2) is 9.97 Å². The summed E-state index contributed by atoms with van der Waals surface area (Å²) in [6.45, 7) is 2.68. The Morgan fingerprint density at radius 2 is 2.13 bits per heavy atom. The molecule has 0 aliphatic carbocycles. The summed E-state index contributed by atoms with van der Waals surface area (Å²) in [5.41, 5.74) is 11.7. The number of nitrogens with one attached hydrogen (secondary N) is 1. The minimum Gasteiger partial charge on any atom is -0.456 e. The molecule has 2 heterocycles. The van der Waals surface area contributed by atoms with Crippen LogP contribution in [0.15, 0.2) is 10.4 Å². The monoisotopic (exact) mass is 354 g/mol. The summed E-state index contributed by atoms with van der Waals surface area (Å²) in [4.78, 5) is 35.0. The van der Waals surface area contributed by atoms with Crippen molar-refractivity contribution in [1.29, 1.82) is 0 Å². The van der Waals surface area contributed by atoms with E-state index >= 15 is 0 Å². The molecule has 0 radical (unpaired) electrons. The van der Waals surface area contributed by atoms with Gasteiger partial charge in [0.05, 0.1) is 5.01 Å². The normalized spacial score (nSPS) is 10.2. The summed E-state index contributed by atoms with van der Waals surface area (Å²) in [7, 11) is 0. The van der Waals surface area contributed by atoms with Crippen LogP contribution in [0.3, 0.4) is 0 Å². The van der Waals surface area contributed by atoms with Crippen molar-refractivity contribution in [2.45, 2.75) is 13.8 Å². The van der Waals surface area contributed by atoms with Crippen LogP contribution in [0.2, 0.25) is 0 Å². The fourth-order valence-corrected chi connectivity index (χ4v) is 3.08. The third kappa shape index (κ3) is 4.72. The third-order valence-electron chi connectivity index (χ3n) is 2.35. The van der Waals surface area contributed by atoms with E-state index in [1.54, 1.807) is 12.3 Å². The number of hydrogen-bond donors (Lipinski definition) is 3. The molecule has 0 saturated carbocycles. The number of carbonyl (C=O) groups is 2. The number of aromatic nitrogens is 2. The summed E-state index contributed by atoms with van der Waals surface area (Å²) in [6, 6.07) is 0. The van der Waals surface area contributed by atoms with Crippen molar-refractivity contribution in [2.24, 2.45) is 16.5 Å². The molecular weight excluding hydrogens is 340 g/mol. The first kappa shape index (κ1) is 16.8. The molecule has 23 heavy (non-hydrogen) atoms. The Bertz CT molecular complexity index is 763. The van der Waals surface area contributed by atoms with Gasteiger partial charge in [0.2, 0.25) is 5.13 Å². The number of amides is 1. The van der Waals surface area contributed by atoms with Crippen LogP contribution >= 0.6 is 22.7 Å². The second-order valence-electron chi connectivity index (χ2n) is 4.29. The van der Waals surface area contributed by atoms with Crippen LogP contribution in [-0.2, 0) is 14.3 Å². The predicted molar refractivity (Wildman–Crippen MR) is 88.7 cm³/mol. The molecule has 1 amide bonds. The molecule has 0 atom stereocenters. The molecule has 0 saturated heterocycles. The number of aryl methyl sites for hydroxylation is 1. The van der Waals surface area contributed by atoms with E-state index in [-0.39, 0.29) is 12.6 Å². The number of ether oxygens (including phenoxy) is 1. The summed E-state index contributed by atoms with van der Waals surface area (Å²) in [5.74, 6) is -1.07. The van der Waals surface area contributed by atoms with Gasteiger partial charge in [-0.15, -0.1) is 22.7 Å². The van der Waals surface area contributed by atoms with Crippen molar-refractivity contribution < 1.29 is 14.3 Å². The van der Waals surface area contributed by atoms with Crippen LogP contribution in [0.1, 0.15) is 11.9 Å². The first-order chi connectivity index (χ1) is 10.8. The maximum atomic E-state index is 11.8. The Morgan fingerprint density at radius 3 is 2.78 bits per heavy atom. The number of anilines is 1. The Labute approximate surface area is 139 Å². The summed E-state index contributed by atoms with van der Waals surface area (Å²) in [6.07, 6.45) is 0. The van der Waals surface area contributed by atoms with E-state index in [9.17, 15) is 9.59 Å². The lowest BCUT2D eigenvalue weighted by Gasteiger charge is -2.04. The van der Waals surface area contributed by atoms with Gasteiger partial charge >= 0.3 is 5.97 Å². The smallest absolute Gasteiger partial charge is 0.303 e. The molecule has 2 rings (SSSR count). The fraction of sp³-hybridized carbons (Fsp3) is 0.250. The van der Waals surface area contributed by atoms with E-state index in [0.29, 0.717) is 21.5 Å². The topological polar surface area (TPSA) is 146 Å². The van der Waals surface area contributed by atoms with Crippen LogP contribution < -0.4 is 16.8 Å². The molecule has 122 valence electrons. The summed E-state index contributed by atoms with van der Waals surface area (Å²) >= 11 is 2.54. The van der Waals surface area contributed by atoms with Gasteiger partial charge in [-0.3, -0.25) is 9.59 Å². The van der Waals surface area contributed by atoms with Crippen molar-refractivity contribution >= 4 is 50.6 Å². The Hall–Kier alpha value is -2.53. The van der Waals surface area contributed by atoms with Gasteiger partial charge < -0.3 is 21.5 Å². The van der Waals surface area contributed by atoms with Gasteiger partial charge in [-0.2, -0.15) is 4.99 Å². The second kappa shape index (κ2) is 7.15. The van der Waals surface area contributed by atoms with E-state index in [4.69, 9.17) is 11.5 Å². The highest BCUT2D eigenvalue weighted by Crippen LogP contribution is 2.35. The standard InChI is InChI=1S/C12H14N6O3S2/c1-5-15-9(7-4-22-12(16-7)18-11(13)14)10(23-5)17-8(20)3-21-6(2)19/h4H,3H2,1-2H3,(H,17,20)(H4,13,14,16,18). The maximum absolute atomic E-state index is 11.8. The minimum absolute atomic E-state index is 0.0877. The van der Waals surface area contributed by atoms with Crippen molar-refractivity contribution in [1.82, 2.24) is 9.97 Å². The molecule has 5 N–H and O–H groups in total. The van der Waals surface area contributed by atoms with Crippen LogP contribution in [0.5, 0.6) is 0 Å². The number of nitrogens with zero attached hydrogens (tertiary/aromatic N) is 3. The number of thiazole rings is 2. The Kier molecular flexibility index (Phi) is 5.24. The molecule has 9 nitrogen and oxygen atoms in total. The van der Waals surface area contributed by atoms with Crippen LogP contribution in [0.25, 0.3) is 11.4 Å². The average Bonchev–Trinajstić information content (AvgIpc) is 3.02. The average molecular weight is 354 g/mol. The lowest BCUT2D eigenvalue weighted by Crippen LogP contribution is -2.21. The van der Waals surface area contributed by atoms with E-state index in [2.05, 4.69) is 25.0 Å². The number of carbonyl (C=O) groups excluding carboxylic acids is 2. The number of rotatable bonds is 5. The number of hydrogen-bond acceptors (Lipinski definition) is 8. The number of aliphatic imine (C=N–C) groups is 1. The zero-order valence-corrected chi connectivity index (χ0v) is 14.0. The van der Waals surface area contributed by atoms with Crippen LogP contribution in [0, 0.1) is 6.92 Å². The quantitative estimate of drug-likeness (QED) is 0.412. The maximum Gasteiger partial charge on any atom is 0.303 e. The Morgan fingerprint density at radius 1 is 1.39 bits per heavy atom. The molecule has 2 aromatic heterocycles. The van der Waals surface area contributed by atoms with E-state index in [1.807, 2.05) is 0 Å². The summed E-state index contributed by atoms with van der Waals surface area (Å²) in [5, 5.41) is 6.04. The largest absolute Gasteiger partial charge is 0.456 e. The van der Waals surface area contributed by atoms with E-state index < -0.39 is 11.9 Å². The zero-order chi connectivity index (χ0) is 17.0. The predicted octanol–water partition coefficient (Wildman–Crippen LogP) is 0.982. The molecule has 0 fully saturated rings.